The van der Waals surface area contributed by atoms with Gasteiger partial charge in [0.05, 0.1) is 15.3 Å². The van der Waals surface area contributed by atoms with Crippen molar-refractivity contribution in [2.45, 2.75) is 44.6 Å². The molecule has 2 fully saturated rings. The van der Waals surface area contributed by atoms with Gasteiger partial charge in [0.1, 0.15) is 0 Å². The number of halogens is 1. The highest BCUT2D eigenvalue weighted by Gasteiger charge is 2.36. The molecule has 4 heteroatoms. The van der Waals surface area contributed by atoms with E-state index in [-0.39, 0.29) is 0 Å². The fourth-order valence-corrected chi connectivity index (χ4v) is 3.98. The summed E-state index contributed by atoms with van der Waals surface area (Å²) in [4.78, 5) is 0. The maximum Gasteiger partial charge on any atom is 0.0732 e. The Morgan fingerprint density at radius 1 is 1.14 bits per heavy atom. The molecule has 0 aromatic rings. The lowest BCUT2D eigenvalue weighted by atomic mass is 9.68. The first-order valence-corrected chi connectivity index (χ1v) is 8.78. The summed E-state index contributed by atoms with van der Waals surface area (Å²) in [5.74, 6) is 0. The molecular formula is C10H18INOS. The topological polar surface area (TPSA) is 21.3 Å². The van der Waals surface area contributed by atoms with Gasteiger partial charge in [-0.05, 0) is 57.0 Å². The number of hydrogen-bond donors (Lipinski definition) is 1. The summed E-state index contributed by atoms with van der Waals surface area (Å²) in [6, 6.07) is 0. The van der Waals surface area contributed by atoms with Crippen molar-refractivity contribution in [2.75, 3.05) is 13.1 Å². The van der Waals surface area contributed by atoms with E-state index in [4.69, 9.17) is 4.18 Å². The highest BCUT2D eigenvalue weighted by atomic mass is 127. The largest absolute Gasteiger partial charge is 0.317 e. The molecule has 0 amide bonds. The predicted octanol–water partition coefficient (Wildman–Crippen LogP) is 3.31. The molecule has 0 aromatic heterocycles. The van der Waals surface area contributed by atoms with E-state index < -0.39 is 0 Å². The third-order valence-electron chi connectivity index (χ3n) is 3.83. The van der Waals surface area contributed by atoms with Crippen LogP contribution in [0.4, 0.5) is 0 Å². The molecule has 0 unspecified atom stereocenters. The average Bonchev–Trinajstić information content (AvgIpc) is 2.24. The molecule has 1 heterocycles. The fraction of sp³-hybridized carbons (Fsp3) is 1.00. The molecule has 2 rings (SSSR count). The summed E-state index contributed by atoms with van der Waals surface area (Å²) in [5, 5.41) is 3.46. The minimum absolute atomic E-state index is 0.525. The monoisotopic (exact) mass is 327 g/mol. The van der Waals surface area contributed by atoms with E-state index in [1.807, 2.05) is 0 Å². The second-order valence-electron chi connectivity index (χ2n) is 4.61. The van der Waals surface area contributed by atoms with E-state index in [1.165, 1.54) is 60.8 Å². The lowest BCUT2D eigenvalue weighted by Gasteiger charge is -2.42. The second-order valence-corrected chi connectivity index (χ2v) is 6.01. The van der Waals surface area contributed by atoms with Crippen molar-refractivity contribution < 1.29 is 4.18 Å². The second kappa shape index (κ2) is 5.37. The molecule has 0 atom stereocenters. The van der Waals surface area contributed by atoms with Gasteiger partial charge in [-0.25, -0.2) is 0 Å². The van der Waals surface area contributed by atoms with E-state index in [2.05, 4.69) is 26.5 Å². The third-order valence-corrected chi connectivity index (χ3v) is 4.80. The Morgan fingerprint density at radius 3 is 2.36 bits per heavy atom. The summed E-state index contributed by atoms with van der Waals surface area (Å²) in [6.07, 6.45) is 8.62. The van der Waals surface area contributed by atoms with Crippen LogP contribution in [0.1, 0.15) is 38.5 Å². The van der Waals surface area contributed by atoms with Crippen LogP contribution in [-0.4, -0.2) is 19.2 Å². The van der Waals surface area contributed by atoms with Crippen molar-refractivity contribution in [3.05, 3.63) is 0 Å². The maximum absolute atomic E-state index is 5.60. The number of nitrogens with one attached hydrogen (secondary N) is 1. The van der Waals surface area contributed by atoms with Crippen molar-refractivity contribution in [1.29, 1.82) is 0 Å². The van der Waals surface area contributed by atoms with Gasteiger partial charge in [-0.1, -0.05) is 0 Å². The van der Waals surface area contributed by atoms with Gasteiger partial charge in [-0.3, -0.25) is 0 Å². The van der Waals surface area contributed by atoms with E-state index in [0.29, 0.717) is 11.5 Å². The van der Waals surface area contributed by atoms with Crippen LogP contribution in [-0.2, 0) is 4.18 Å². The van der Waals surface area contributed by atoms with Crippen molar-refractivity contribution in [3.8, 4) is 0 Å². The first kappa shape index (κ1) is 11.5. The van der Waals surface area contributed by atoms with Crippen LogP contribution < -0.4 is 5.32 Å². The Morgan fingerprint density at radius 2 is 1.79 bits per heavy atom. The molecule has 2 aliphatic rings. The third kappa shape index (κ3) is 2.77. The molecule has 1 saturated heterocycles. The van der Waals surface area contributed by atoms with Crippen molar-refractivity contribution in [1.82, 2.24) is 5.32 Å². The molecule has 82 valence electrons. The first-order chi connectivity index (χ1) is 6.85. The molecule has 0 aromatic carbocycles. The summed E-state index contributed by atoms with van der Waals surface area (Å²) in [6.45, 7) is 2.46. The number of hydrogen-bond acceptors (Lipinski definition) is 3. The van der Waals surface area contributed by atoms with Gasteiger partial charge < -0.3 is 9.50 Å². The summed E-state index contributed by atoms with van der Waals surface area (Å²) >= 11 is 2.22. The van der Waals surface area contributed by atoms with E-state index in [0.717, 1.165) is 0 Å². The standard InChI is InChI=1S/C10H18INOS/c11-14-13-9-1-3-10(4-2-9)5-7-12-8-6-10/h9,12H,1-8H2. The Kier molecular flexibility index (Phi) is 4.40. The van der Waals surface area contributed by atoms with Gasteiger partial charge in [-0.2, -0.15) is 0 Å². The molecule has 1 saturated carbocycles. The Bertz CT molecular complexity index is 175. The molecule has 2 nitrogen and oxygen atoms in total. The SMILES string of the molecule is ISOC1CCC2(CCNCC2)CC1. The lowest BCUT2D eigenvalue weighted by molar-refractivity contribution is 0.0687. The molecule has 0 radical (unpaired) electrons. The zero-order valence-electron chi connectivity index (χ0n) is 8.43. The minimum atomic E-state index is 0.525. The van der Waals surface area contributed by atoms with Gasteiger partial charge in [0, 0.05) is 21.2 Å². The van der Waals surface area contributed by atoms with Crippen LogP contribution in [0.2, 0.25) is 0 Å². The zero-order chi connectivity index (χ0) is 9.86. The van der Waals surface area contributed by atoms with Crippen LogP contribution in [0.5, 0.6) is 0 Å². The lowest BCUT2D eigenvalue weighted by Crippen LogP contribution is -2.40. The van der Waals surface area contributed by atoms with E-state index in [1.54, 1.807) is 0 Å². The molecular weight excluding hydrogens is 309 g/mol. The number of rotatable bonds is 2. The van der Waals surface area contributed by atoms with Crippen molar-refractivity contribution >= 4 is 30.4 Å². The van der Waals surface area contributed by atoms with Crippen LogP contribution >= 0.6 is 30.4 Å². The van der Waals surface area contributed by atoms with Crippen LogP contribution in [0.15, 0.2) is 0 Å². The van der Waals surface area contributed by atoms with Gasteiger partial charge in [0.2, 0.25) is 0 Å². The molecule has 1 spiro atoms. The average molecular weight is 327 g/mol. The summed E-state index contributed by atoms with van der Waals surface area (Å²) in [7, 11) is 1.50. The van der Waals surface area contributed by atoms with Gasteiger partial charge in [0.15, 0.2) is 0 Å². The van der Waals surface area contributed by atoms with Gasteiger partial charge in [0.25, 0.3) is 0 Å². The Labute approximate surface area is 103 Å². The van der Waals surface area contributed by atoms with E-state index >= 15 is 0 Å². The van der Waals surface area contributed by atoms with Crippen LogP contribution in [0, 0.1) is 5.41 Å². The molecule has 1 aliphatic heterocycles. The Balaban J connectivity index is 1.81. The predicted molar refractivity (Wildman–Crippen MR) is 69.5 cm³/mol. The Hall–Kier alpha value is 1.00. The minimum Gasteiger partial charge on any atom is -0.317 e. The highest BCUT2D eigenvalue weighted by Crippen LogP contribution is 2.44. The normalized spacial score (nSPS) is 28.1. The fourth-order valence-electron chi connectivity index (χ4n) is 2.81. The molecule has 1 aliphatic carbocycles. The quantitative estimate of drug-likeness (QED) is 0.621. The van der Waals surface area contributed by atoms with Gasteiger partial charge >= 0.3 is 0 Å². The molecule has 0 bridgehead atoms. The molecule has 1 N–H and O–H groups in total. The summed E-state index contributed by atoms with van der Waals surface area (Å²) in [5.41, 5.74) is 0.682. The van der Waals surface area contributed by atoms with Gasteiger partial charge in [-0.15, -0.1) is 0 Å². The van der Waals surface area contributed by atoms with Crippen molar-refractivity contribution in [2.24, 2.45) is 5.41 Å². The van der Waals surface area contributed by atoms with Crippen LogP contribution in [0.25, 0.3) is 0 Å². The van der Waals surface area contributed by atoms with Crippen molar-refractivity contribution in [3.63, 3.8) is 0 Å². The van der Waals surface area contributed by atoms with Crippen LogP contribution in [0.3, 0.4) is 0 Å². The smallest absolute Gasteiger partial charge is 0.0732 e. The summed E-state index contributed by atoms with van der Waals surface area (Å²) < 4.78 is 5.60. The zero-order valence-corrected chi connectivity index (χ0v) is 11.4. The highest BCUT2D eigenvalue weighted by molar-refractivity contribution is 14.2. The first-order valence-electron chi connectivity index (χ1n) is 5.49. The molecule has 14 heavy (non-hydrogen) atoms. The maximum atomic E-state index is 5.60. The van der Waals surface area contributed by atoms with E-state index in [9.17, 15) is 0 Å². The number of piperidine rings is 1.